The first-order chi connectivity index (χ1) is 7.94. The van der Waals surface area contributed by atoms with Crippen molar-refractivity contribution in [2.75, 3.05) is 19.8 Å². The molecule has 0 aliphatic rings. The highest BCUT2D eigenvalue weighted by Crippen LogP contribution is 2.20. The van der Waals surface area contributed by atoms with Crippen molar-refractivity contribution in [2.24, 2.45) is 5.73 Å². The maximum atomic E-state index is 13.4. The molecule has 0 heterocycles. The van der Waals surface area contributed by atoms with Crippen LogP contribution in [0.15, 0.2) is 24.3 Å². The Hall–Kier alpha value is -1.14. The van der Waals surface area contributed by atoms with Gasteiger partial charge in [-0.25, -0.2) is 4.39 Å². The number of halogens is 4. The van der Waals surface area contributed by atoms with Gasteiger partial charge < -0.3 is 10.5 Å². The molecule has 0 aliphatic carbocycles. The summed E-state index contributed by atoms with van der Waals surface area (Å²) in [5.74, 6) is -1.06. The van der Waals surface area contributed by atoms with E-state index in [1.807, 2.05) is 0 Å². The minimum atomic E-state index is -4.38. The lowest BCUT2D eigenvalue weighted by Crippen LogP contribution is -2.23. The molecule has 0 amide bonds. The van der Waals surface area contributed by atoms with Crippen molar-refractivity contribution in [1.29, 1.82) is 0 Å². The van der Waals surface area contributed by atoms with Gasteiger partial charge in [-0.3, -0.25) is 0 Å². The summed E-state index contributed by atoms with van der Waals surface area (Å²) in [6.45, 7) is -1.58. The summed E-state index contributed by atoms with van der Waals surface area (Å²) < 4.78 is 53.4. The van der Waals surface area contributed by atoms with Gasteiger partial charge >= 0.3 is 6.18 Å². The molecule has 2 N–H and O–H groups in total. The van der Waals surface area contributed by atoms with Crippen molar-refractivity contribution in [3.63, 3.8) is 0 Å². The Bertz CT molecular complexity index is 354. The van der Waals surface area contributed by atoms with E-state index in [1.54, 1.807) is 6.07 Å². The van der Waals surface area contributed by atoms with Gasteiger partial charge in [-0.05, 0) is 11.6 Å². The van der Waals surface area contributed by atoms with Gasteiger partial charge in [0.15, 0.2) is 0 Å². The summed E-state index contributed by atoms with van der Waals surface area (Å²) >= 11 is 0. The first-order valence-electron chi connectivity index (χ1n) is 5.03. The fraction of sp³-hybridized carbons (Fsp3) is 0.455. The van der Waals surface area contributed by atoms with Crippen LogP contribution in [0.4, 0.5) is 17.6 Å². The second-order valence-electron chi connectivity index (χ2n) is 3.58. The highest BCUT2D eigenvalue weighted by molar-refractivity contribution is 5.22. The monoisotopic (exact) mass is 251 g/mol. The molecule has 1 atom stereocenters. The number of hydrogen-bond donors (Lipinski definition) is 1. The number of rotatable bonds is 5. The predicted molar refractivity (Wildman–Crippen MR) is 55.1 cm³/mol. The molecular formula is C11H13F4NO. The van der Waals surface area contributed by atoms with E-state index < -0.39 is 24.5 Å². The van der Waals surface area contributed by atoms with Crippen LogP contribution in [0.5, 0.6) is 0 Å². The zero-order valence-electron chi connectivity index (χ0n) is 9.01. The van der Waals surface area contributed by atoms with Crippen LogP contribution in [0.3, 0.4) is 0 Å². The number of benzene rings is 1. The first-order valence-corrected chi connectivity index (χ1v) is 5.03. The van der Waals surface area contributed by atoms with Crippen LogP contribution in [-0.4, -0.2) is 25.9 Å². The van der Waals surface area contributed by atoms with Gasteiger partial charge in [0, 0.05) is 12.5 Å². The predicted octanol–water partition coefficient (Wildman–Crippen LogP) is 2.45. The summed E-state index contributed by atoms with van der Waals surface area (Å²) in [7, 11) is 0. The molecule has 0 spiro atoms. The van der Waals surface area contributed by atoms with Gasteiger partial charge in [0.1, 0.15) is 12.4 Å². The second-order valence-corrected chi connectivity index (χ2v) is 3.58. The van der Waals surface area contributed by atoms with Crippen LogP contribution in [0, 0.1) is 5.82 Å². The largest absolute Gasteiger partial charge is 0.411 e. The van der Waals surface area contributed by atoms with E-state index >= 15 is 0 Å². The van der Waals surface area contributed by atoms with E-state index in [1.165, 1.54) is 18.2 Å². The first kappa shape index (κ1) is 13.9. The minimum Gasteiger partial charge on any atom is -0.371 e. The zero-order chi connectivity index (χ0) is 12.9. The Morgan fingerprint density at radius 1 is 1.24 bits per heavy atom. The number of ether oxygens (including phenoxy) is 1. The Morgan fingerprint density at radius 2 is 1.88 bits per heavy atom. The van der Waals surface area contributed by atoms with Crippen molar-refractivity contribution in [3.8, 4) is 0 Å². The quantitative estimate of drug-likeness (QED) is 0.816. The average Bonchev–Trinajstić information content (AvgIpc) is 2.24. The molecule has 1 unspecified atom stereocenters. The van der Waals surface area contributed by atoms with Crippen LogP contribution in [0.2, 0.25) is 0 Å². The highest BCUT2D eigenvalue weighted by Gasteiger charge is 2.28. The van der Waals surface area contributed by atoms with E-state index in [9.17, 15) is 17.6 Å². The molecule has 0 aliphatic heterocycles. The summed E-state index contributed by atoms with van der Waals surface area (Å²) in [6.07, 6.45) is -4.38. The summed E-state index contributed by atoms with van der Waals surface area (Å²) in [5.41, 5.74) is 5.67. The van der Waals surface area contributed by atoms with Crippen molar-refractivity contribution < 1.29 is 22.3 Å². The van der Waals surface area contributed by atoms with E-state index in [2.05, 4.69) is 4.74 Å². The summed E-state index contributed by atoms with van der Waals surface area (Å²) in [4.78, 5) is 0. The van der Waals surface area contributed by atoms with Crippen LogP contribution in [0.1, 0.15) is 11.5 Å². The molecule has 0 bridgehead atoms. The van der Waals surface area contributed by atoms with Crippen molar-refractivity contribution in [2.45, 2.75) is 12.1 Å². The molecule has 1 aromatic carbocycles. The van der Waals surface area contributed by atoms with E-state index in [0.717, 1.165) is 0 Å². The molecule has 96 valence electrons. The second kappa shape index (κ2) is 5.97. The van der Waals surface area contributed by atoms with Gasteiger partial charge in [-0.1, -0.05) is 18.2 Å². The van der Waals surface area contributed by atoms with E-state index in [4.69, 9.17) is 5.73 Å². The third-order valence-electron chi connectivity index (χ3n) is 2.21. The maximum Gasteiger partial charge on any atom is 0.411 e. The fourth-order valence-corrected chi connectivity index (χ4v) is 1.41. The van der Waals surface area contributed by atoms with Crippen LogP contribution < -0.4 is 5.73 Å². The van der Waals surface area contributed by atoms with Crippen molar-refractivity contribution >= 4 is 0 Å². The SMILES string of the molecule is NCC(COCC(F)(F)F)c1ccccc1F. The molecule has 0 radical (unpaired) electrons. The molecule has 17 heavy (non-hydrogen) atoms. The van der Waals surface area contributed by atoms with Crippen molar-refractivity contribution in [3.05, 3.63) is 35.6 Å². The minimum absolute atomic E-state index is 0.0266. The number of alkyl halides is 3. The van der Waals surface area contributed by atoms with Crippen LogP contribution in [0.25, 0.3) is 0 Å². The molecule has 0 saturated carbocycles. The summed E-state index contributed by atoms with van der Waals surface area (Å²) in [6, 6.07) is 5.83. The molecule has 0 fully saturated rings. The van der Waals surface area contributed by atoms with Crippen LogP contribution in [-0.2, 0) is 4.74 Å². The molecular weight excluding hydrogens is 238 g/mol. The van der Waals surface area contributed by atoms with Gasteiger partial charge in [0.25, 0.3) is 0 Å². The number of hydrogen-bond acceptors (Lipinski definition) is 2. The maximum absolute atomic E-state index is 13.4. The Kier molecular flexibility index (Phi) is 4.89. The lowest BCUT2D eigenvalue weighted by Gasteiger charge is -2.16. The zero-order valence-corrected chi connectivity index (χ0v) is 9.01. The van der Waals surface area contributed by atoms with E-state index in [0.29, 0.717) is 0 Å². The smallest absolute Gasteiger partial charge is 0.371 e. The fourth-order valence-electron chi connectivity index (χ4n) is 1.41. The molecule has 1 aromatic rings. The average molecular weight is 251 g/mol. The summed E-state index contributed by atoms with van der Waals surface area (Å²) in [5, 5.41) is 0. The standard InChI is InChI=1S/C11H13F4NO/c12-10-4-2-1-3-9(10)8(5-16)6-17-7-11(13,14)15/h1-4,8H,5-7,16H2. The van der Waals surface area contributed by atoms with Gasteiger partial charge in [0.2, 0.25) is 0 Å². The number of nitrogens with two attached hydrogens (primary N) is 1. The molecule has 0 aromatic heterocycles. The van der Waals surface area contributed by atoms with Crippen molar-refractivity contribution in [1.82, 2.24) is 0 Å². The van der Waals surface area contributed by atoms with Crippen LogP contribution >= 0.6 is 0 Å². The molecule has 2 nitrogen and oxygen atoms in total. The Labute approximate surface area is 96.4 Å². The normalized spacial score (nSPS) is 13.7. The Balaban J connectivity index is 2.58. The third kappa shape index (κ3) is 4.70. The topological polar surface area (TPSA) is 35.2 Å². The lowest BCUT2D eigenvalue weighted by molar-refractivity contribution is -0.174. The van der Waals surface area contributed by atoms with Gasteiger partial charge in [0.05, 0.1) is 6.61 Å². The van der Waals surface area contributed by atoms with Gasteiger partial charge in [-0.2, -0.15) is 13.2 Å². The van der Waals surface area contributed by atoms with E-state index in [-0.39, 0.29) is 18.7 Å². The lowest BCUT2D eigenvalue weighted by atomic mass is 10.00. The van der Waals surface area contributed by atoms with Gasteiger partial charge in [-0.15, -0.1) is 0 Å². The molecule has 0 saturated heterocycles. The molecule has 6 heteroatoms. The third-order valence-corrected chi connectivity index (χ3v) is 2.21. The Morgan fingerprint density at radius 3 is 2.41 bits per heavy atom. The highest BCUT2D eigenvalue weighted by atomic mass is 19.4. The molecule has 1 rings (SSSR count).